The number of hydrogen-bond acceptors (Lipinski definition) is 4. The molecular formula is C19H22N4O2. The third-order valence-corrected chi connectivity index (χ3v) is 3.77. The second kappa shape index (κ2) is 6.93. The van der Waals surface area contributed by atoms with Gasteiger partial charge in [-0.3, -0.25) is 4.79 Å². The van der Waals surface area contributed by atoms with Crippen LogP contribution in [0.4, 0.5) is 0 Å². The Labute approximate surface area is 146 Å². The summed E-state index contributed by atoms with van der Waals surface area (Å²) in [4.78, 5) is 24.0. The Morgan fingerprint density at radius 3 is 2.76 bits per heavy atom. The van der Waals surface area contributed by atoms with Crippen molar-refractivity contribution in [2.45, 2.75) is 39.7 Å². The third-order valence-electron chi connectivity index (χ3n) is 3.77. The Bertz CT molecular complexity index is 899. The molecule has 1 aromatic carbocycles. The number of H-pyrrole nitrogens is 1. The second-order valence-electron chi connectivity index (χ2n) is 6.57. The number of nitrogens with one attached hydrogen (secondary N) is 2. The minimum atomic E-state index is -0.186. The molecule has 0 aliphatic heterocycles. The van der Waals surface area contributed by atoms with E-state index in [2.05, 4.69) is 40.2 Å². The Kier molecular flexibility index (Phi) is 4.70. The molecule has 0 spiro atoms. The van der Waals surface area contributed by atoms with Gasteiger partial charge in [0.25, 0.3) is 5.91 Å². The monoisotopic (exact) mass is 338 g/mol. The van der Waals surface area contributed by atoms with Gasteiger partial charge in [-0.05, 0) is 37.5 Å². The van der Waals surface area contributed by atoms with E-state index in [0.29, 0.717) is 34.3 Å². The van der Waals surface area contributed by atoms with E-state index in [1.165, 1.54) is 5.56 Å². The quantitative estimate of drug-likeness (QED) is 0.736. The number of nitrogens with zero attached hydrogens (tertiary/aromatic N) is 2. The molecule has 130 valence electrons. The van der Waals surface area contributed by atoms with E-state index in [1.807, 2.05) is 32.0 Å². The van der Waals surface area contributed by atoms with Crippen LogP contribution in [0.2, 0.25) is 0 Å². The largest absolute Gasteiger partial charge is 0.437 e. The van der Waals surface area contributed by atoms with Gasteiger partial charge in [0.15, 0.2) is 5.65 Å². The average Bonchev–Trinajstić information content (AvgIpc) is 2.97. The number of fused-ring (bicyclic) bond motifs is 1. The molecule has 25 heavy (non-hydrogen) atoms. The predicted octanol–water partition coefficient (Wildman–Crippen LogP) is 4.01. The van der Waals surface area contributed by atoms with Gasteiger partial charge in [0, 0.05) is 12.2 Å². The standard InChI is InChI=1S/C19H22N4O2/c1-11(2)13-6-5-7-14(8-13)25-16-10-21-18-17(23-16)15(9-20-18)19(24)22-12(3)4/h5-12H,1-4H3,(H,20,21)(H,22,24). The van der Waals surface area contributed by atoms with Crippen LogP contribution < -0.4 is 10.1 Å². The van der Waals surface area contributed by atoms with Gasteiger partial charge in [0.1, 0.15) is 11.3 Å². The van der Waals surface area contributed by atoms with E-state index in [1.54, 1.807) is 12.4 Å². The Morgan fingerprint density at radius 2 is 2.04 bits per heavy atom. The minimum Gasteiger partial charge on any atom is -0.437 e. The van der Waals surface area contributed by atoms with Gasteiger partial charge in [0.05, 0.1) is 11.8 Å². The van der Waals surface area contributed by atoms with Crippen LogP contribution in [-0.4, -0.2) is 26.9 Å². The molecule has 0 unspecified atom stereocenters. The predicted molar refractivity (Wildman–Crippen MR) is 97.1 cm³/mol. The summed E-state index contributed by atoms with van der Waals surface area (Å²) in [6, 6.07) is 7.92. The molecule has 0 saturated carbocycles. The normalized spacial score (nSPS) is 11.3. The Balaban J connectivity index is 1.90. The molecule has 0 saturated heterocycles. The summed E-state index contributed by atoms with van der Waals surface area (Å²) >= 11 is 0. The van der Waals surface area contributed by atoms with E-state index in [-0.39, 0.29) is 11.9 Å². The fourth-order valence-electron chi connectivity index (χ4n) is 2.50. The number of amides is 1. The summed E-state index contributed by atoms with van der Waals surface area (Å²) < 4.78 is 5.84. The van der Waals surface area contributed by atoms with Crippen LogP contribution in [0.25, 0.3) is 11.2 Å². The molecule has 3 rings (SSSR count). The molecule has 2 N–H and O–H groups in total. The summed E-state index contributed by atoms with van der Waals surface area (Å²) in [5.41, 5.74) is 2.69. The van der Waals surface area contributed by atoms with Crippen LogP contribution in [-0.2, 0) is 0 Å². The van der Waals surface area contributed by atoms with E-state index in [4.69, 9.17) is 4.74 Å². The van der Waals surface area contributed by atoms with Gasteiger partial charge < -0.3 is 15.0 Å². The molecule has 2 heterocycles. The molecule has 3 aromatic rings. The smallest absolute Gasteiger partial charge is 0.255 e. The highest BCUT2D eigenvalue weighted by molar-refractivity contribution is 6.04. The number of benzene rings is 1. The zero-order valence-electron chi connectivity index (χ0n) is 14.8. The van der Waals surface area contributed by atoms with Crippen LogP contribution in [0.1, 0.15) is 49.5 Å². The topological polar surface area (TPSA) is 79.9 Å². The summed E-state index contributed by atoms with van der Waals surface area (Å²) in [6.45, 7) is 8.08. The average molecular weight is 338 g/mol. The molecule has 1 amide bonds. The molecule has 0 bridgehead atoms. The lowest BCUT2D eigenvalue weighted by Crippen LogP contribution is -2.29. The van der Waals surface area contributed by atoms with Gasteiger partial charge in [-0.25, -0.2) is 9.97 Å². The summed E-state index contributed by atoms with van der Waals surface area (Å²) in [6.07, 6.45) is 3.16. The molecule has 0 fully saturated rings. The van der Waals surface area contributed by atoms with Crippen molar-refractivity contribution in [3.8, 4) is 11.6 Å². The molecular weight excluding hydrogens is 316 g/mol. The van der Waals surface area contributed by atoms with Crippen LogP contribution in [0.3, 0.4) is 0 Å². The first-order chi connectivity index (χ1) is 11.9. The molecule has 2 aromatic heterocycles. The molecule has 0 aliphatic rings. The number of aromatic nitrogens is 3. The van der Waals surface area contributed by atoms with Crippen LogP contribution in [0.5, 0.6) is 11.6 Å². The molecule has 6 nitrogen and oxygen atoms in total. The number of aromatic amines is 1. The molecule has 6 heteroatoms. The Morgan fingerprint density at radius 1 is 1.24 bits per heavy atom. The van der Waals surface area contributed by atoms with Crippen LogP contribution in [0.15, 0.2) is 36.7 Å². The SMILES string of the molecule is CC(C)NC(=O)c1c[nH]c2ncc(Oc3cccc(C(C)C)c3)nc12. The molecule has 0 aliphatic carbocycles. The number of carbonyl (C=O) groups is 1. The first-order valence-electron chi connectivity index (χ1n) is 8.37. The summed E-state index contributed by atoms with van der Waals surface area (Å²) in [5.74, 6) is 1.28. The van der Waals surface area contributed by atoms with E-state index >= 15 is 0 Å². The second-order valence-corrected chi connectivity index (χ2v) is 6.57. The first kappa shape index (κ1) is 17.0. The van der Waals surface area contributed by atoms with Crippen molar-refractivity contribution >= 4 is 17.1 Å². The minimum absolute atomic E-state index is 0.0450. The number of rotatable bonds is 5. The fourth-order valence-corrected chi connectivity index (χ4v) is 2.50. The zero-order valence-corrected chi connectivity index (χ0v) is 14.8. The molecule has 0 radical (unpaired) electrons. The number of hydrogen-bond donors (Lipinski definition) is 2. The highest BCUT2D eigenvalue weighted by Crippen LogP contribution is 2.25. The lowest BCUT2D eigenvalue weighted by atomic mass is 10.0. The first-order valence-corrected chi connectivity index (χ1v) is 8.37. The van der Waals surface area contributed by atoms with Crippen molar-refractivity contribution in [1.82, 2.24) is 20.3 Å². The highest BCUT2D eigenvalue weighted by atomic mass is 16.5. The zero-order chi connectivity index (χ0) is 18.0. The van der Waals surface area contributed by atoms with Crippen molar-refractivity contribution < 1.29 is 9.53 Å². The summed E-state index contributed by atoms with van der Waals surface area (Å²) in [5, 5.41) is 2.86. The van der Waals surface area contributed by atoms with E-state index in [9.17, 15) is 4.79 Å². The number of carbonyl (C=O) groups excluding carboxylic acids is 1. The van der Waals surface area contributed by atoms with Crippen molar-refractivity contribution in [3.05, 3.63) is 47.8 Å². The van der Waals surface area contributed by atoms with Crippen molar-refractivity contribution in [2.24, 2.45) is 0 Å². The van der Waals surface area contributed by atoms with Crippen LogP contribution in [0, 0.1) is 0 Å². The lowest BCUT2D eigenvalue weighted by molar-refractivity contribution is 0.0944. The maximum Gasteiger partial charge on any atom is 0.255 e. The third kappa shape index (κ3) is 3.79. The highest BCUT2D eigenvalue weighted by Gasteiger charge is 2.16. The molecule has 0 atom stereocenters. The van der Waals surface area contributed by atoms with E-state index < -0.39 is 0 Å². The van der Waals surface area contributed by atoms with Gasteiger partial charge in [-0.2, -0.15) is 0 Å². The maximum atomic E-state index is 12.3. The van der Waals surface area contributed by atoms with Crippen molar-refractivity contribution in [2.75, 3.05) is 0 Å². The summed E-state index contributed by atoms with van der Waals surface area (Å²) in [7, 11) is 0. The fraction of sp³-hybridized carbons (Fsp3) is 0.316. The van der Waals surface area contributed by atoms with Crippen molar-refractivity contribution in [3.63, 3.8) is 0 Å². The van der Waals surface area contributed by atoms with Crippen LogP contribution >= 0.6 is 0 Å². The van der Waals surface area contributed by atoms with Gasteiger partial charge >= 0.3 is 0 Å². The Hall–Kier alpha value is -2.89. The van der Waals surface area contributed by atoms with Crippen molar-refractivity contribution in [1.29, 1.82) is 0 Å². The maximum absolute atomic E-state index is 12.3. The van der Waals surface area contributed by atoms with Gasteiger partial charge in [-0.15, -0.1) is 0 Å². The lowest BCUT2D eigenvalue weighted by Gasteiger charge is -2.09. The van der Waals surface area contributed by atoms with E-state index in [0.717, 1.165) is 0 Å². The van der Waals surface area contributed by atoms with Gasteiger partial charge in [-0.1, -0.05) is 26.0 Å². The number of ether oxygens (including phenoxy) is 1. The van der Waals surface area contributed by atoms with Gasteiger partial charge in [0.2, 0.25) is 5.88 Å².